The van der Waals surface area contributed by atoms with Crippen LogP contribution in [0.2, 0.25) is 0 Å². The van der Waals surface area contributed by atoms with Gasteiger partial charge in [-0.15, -0.1) is 0 Å². The first kappa shape index (κ1) is 17.0. The second kappa shape index (κ2) is 7.07. The van der Waals surface area contributed by atoms with Crippen molar-refractivity contribution in [2.24, 2.45) is 0 Å². The fourth-order valence-electron chi connectivity index (χ4n) is 3.99. The number of rotatable bonds is 4. The molecule has 1 saturated heterocycles. The number of nitrogens with zero attached hydrogens (tertiary/aromatic N) is 2. The Morgan fingerprint density at radius 3 is 2.69 bits per heavy atom. The molecule has 4 rings (SSSR count). The third kappa shape index (κ3) is 3.31. The number of amides is 3. The van der Waals surface area contributed by atoms with Gasteiger partial charge in [0.1, 0.15) is 5.82 Å². The van der Waals surface area contributed by atoms with E-state index in [-0.39, 0.29) is 17.8 Å². The van der Waals surface area contributed by atoms with Crippen LogP contribution < -0.4 is 10.6 Å². The molecule has 1 atom stereocenters. The summed E-state index contributed by atoms with van der Waals surface area (Å²) in [6.45, 7) is 4.05. The van der Waals surface area contributed by atoms with Crippen LogP contribution in [0.25, 0.3) is 0 Å². The summed E-state index contributed by atoms with van der Waals surface area (Å²) in [4.78, 5) is 29.1. The summed E-state index contributed by atoms with van der Waals surface area (Å²) in [7, 11) is 0. The Balaban J connectivity index is 1.50. The first-order valence-electron chi connectivity index (χ1n) is 9.19. The number of hydrogen-bond acceptors (Lipinski definition) is 3. The van der Waals surface area contributed by atoms with Crippen molar-refractivity contribution in [3.05, 3.63) is 46.9 Å². The molecule has 7 heteroatoms. The molecule has 1 aromatic rings. The van der Waals surface area contributed by atoms with Crippen LogP contribution in [0, 0.1) is 5.82 Å². The highest BCUT2D eigenvalue weighted by molar-refractivity contribution is 6.01. The molecule has 0 bridgehead atoms. The second-order valence-electron chi connectivity index (χ2n) is 7.11. The molecule has 0 unspecified atom stereocenters. The van der Waals surface area contributed by atoms with Crippen molar-refractivity contribution in [2.75, 3.05) is 32.7 Å². The minimum atomic E-state index is -0.609. The largest absolute Gasteiger partial charge is 0.332 e. The number of carbonyl (C=O) groups is 2. The molecular weight excluding hydrogens is 335 g/mol. The maximum atomic E-state index is 13.6. The summed E-state index contributed by atoms with van der Waals surface area (Å²) in [6.07, 6.45) is 3.71. The van der Waals surface area contributed by atoms with Gasteiger partial charge in [0.25, 0.3) is 5.91 Å². The number of halogens is 1. The average Bonchev–Trinajstić information content (AvgIpc) is 2.96. The molecule has 26 heavy (non-hydrogen) atoms. The molecule has 3 amide bonds. The number of urea groups is 1. The van der Waals surface area contributed by atoms with Crippen LogP contribution in [-0.2, 0) is 4.79 Å². The number of carbonyl (C=O) groups excluding carboxylic acids is 2. The van der Waals surface area contributed by atoms with Crippen molar-refractivity contribution in [1.82, 2.24) is 20.4 Å². The van der Waals surface area contributed by atoms with E-state index in [1.165, 1.54) is 31.4 Å². The van der Waals surface area contributed by atoms with Gasteiger partial charge in [-0.2, -0.15) is 0 Å². The highest BCUT2D eigenvalue weighted by atomic mass is 19.1. The standard InChI is InChI=1S/C19H23FN4O2/c20-14-6-4-5-13(11-14)17-16-15(21-19(26)22-17)12-24(18(16)25)10-9-23-7-2-1-3-8-23/h4-6,11,17H,1-3,7-10,12H2,(H2,21,22,26)/t17-/m0/s1. The molecule has 0 radical (unpaired) electrons. The number of likely N-dealkylation sites (tertiary alicyclic amines) is 1. The van der Waals surface area contributed by atoms with E-state index in [4.69, 9.17) is 0 Å². The van der Waals surface area contributed by atoms with Crippen LogP contribution in [-0.4, -0.2) is 54.5 Å². The van der Waals surface area contributed by atoms with Gasteiger partial charge in [0.15, 0.2) is 0 Å². The molecule has 3 aliphatic heterocycles. The summed E-state index contributed by atoms with van der Waals surface area (Å²) in [5, 5.41) is 5.51. The molecule has 0 aromatic heterocycles. The van der Waals surface area contributed by atoms with Gasteiger partial charge in [-0.05, 0) is 43.6 Å². The van der Waals surface area contributed by atoms with E-state index in [0.29, 0.717) is 29.9 Å². The Labute approximate surface area is 152 Å². The topological polar surface area (TPSA) is 64.7 Å². The van der Waals surface area contributed by atoms with Gasteiger partial charge >= 0.3 is 6.03 Å². The van der Waals surface area contributed by atoms with Crippen molar-refractivity contribution in [1.29, 1.82) is 0 Å². The first-order chi connectivity index (χ1) is 12.6. The van der Waals surface area contributed by atoms with E-state index in [1.54, 1.807) is 17.0 Å². The molecular formula is C19H23FN4O2. The third-order valence-electron chi connectivity index (χ3n) is 5.34. The van der Waals surface area contributed by atoms with E-state index in [0.717, 1.165) is 19.6 Å². The highest BCUT2D eigenvalue weighted by Crippen LogP contribution is 2.32. The lowest BCUT2D eigenvalue weighted by Gasteiger charge is -2.28. The Hall–Kier alpha value is -2.41. The Bertz CT molecular complexity index is 758. The zero-order valence-electron chi connectivity index (χ0n) is 14.6. The van der Waals surface area contributed by atoms with Gasteiger partial charge in [-0.25, -0.2) is 9.18 Å². The minimum Gasteiger partial charge on any atom is -0.332 e. The second-order valence-corrected chi connectivity index (χ2v) is 7.11. The highest BCUT2D eigenvalue weighted by Gasteiger charge is 2.40. The van der Waals surface area contributed by atoms with E-state index < -0.39 is 6.04 Å². The summed E-state index contributed by atoms with van der Waals surface area (Å²) in [5.41, 5.74) is 1.74. The van der Waals surface area contributed by atoms with Crippen molar-refractivity contribution >= 4 is 11.9 Å². The fraction of sp³-hybridized carbons (Fsp3) is 0.474. The fourth-order valence-corrected chi connectivity index (χ4v) is 3.99. The Morgan fingerprint density at radius 2 is 1.92 bits per heavy atom. The third-order valence-corrected chi connectivity index (χ3v) is 5.34. The van der Waals surface area contributed by atoms with E-state index in [9.17, 15) is 14.0 Å². The van der Waals surface area contributed by atoms with Crippen LogP contribution in [0.1, 0.15) is 30.9 Å². The summed E-state index contributed by atoms with van der Waals surface area (Å²) in [5.74, 6) is -0.469. The van der Waals surface area contributed by atoms with Crippen LogP contribution in [0.5, 0.6) is 0 Å². The quantitative estimate of drug-likeness (QED) is 0.862. The van der Waals surface area contributed by atoms with Crippen molar-refractivity contribution in [3.8, 4) is 0 Å². The van der Waals surface area contributed by atoms with Gasteiger partial charge < -0.3 is 20.4 Å². The molecule has 0 saturated carbocycles. The normalized spacial score (nSPS) is 23.7. The molecule has 2 N–H and O–H groups in total. The van der Waals surface area contributed by atoms with Crippen LogP contribution >= 0.6 is 0 Å². The molecule has 3 heterocycles. The Morgan fingerprint density at radius 1 is 1.12 bits per heavy atom. The number of nitrogens with one attached hydrogen (secondary N) is 2. The van der Waals surface area contributed by atoms with Crippen LogP contribution in [0.4, 0.5) is 9.18 Å². The number of benzene rings is 1. The number of hydrogen-bond donors (Lipinski definition) is 2. The monoisotopic (exact) mass is 358 g/mol. The maximum absolute atomic E-state index is 13.6. The summed E-state index contributed by atoms with van der Waals surface area (Å²) < 4.78 is 13.6. The molecule has 1 fully saturated rings. The smallest absolute Gasteiger partial charge is 0.319 e. The van der Waals surface area contributed by atoms with Crippen LogP contribution in [0.3, 0.4) is 0 Å². The zero-order chi connectivity index (χ0) is 18.1. The molecule has 3 aliphatic rings. The lowest BCUT2D eigenvalue weighted by molar-refractivity contribution is -0.126. The maximum Gasteiger partial charge on any atom is 0.319 e. The van der Waals surface area contributed by atoms with E-state index in [1.807, 2.05) is 0 Å². The summed E-state index contributed by atoms with van der Waals surface area (Å²) >= 11 is 0. The van der Waals surface area contributed by atoms with Crippen molar-refractivity contribution < 1.29 is 14.0 Å². The SMILES string of the molecule is O=C1NC2=C(C(=O)N(CCN3CCCCC3)C2)[C@H](c2cccc(F)c2)N1. The van der Waals surface area contributed by atoms with Gasteiger partial charge in [-0.3, -0.25) is 4.79 Å². The molecule has 1 aromatic carbocycles. The molecule has 138 valence electrons. The lowest BCUT2D eigenvalue weighted by atomic mass is 9.96. The lowest BCUT2D eigenvalue weighted by Crippen LogP contribution is -2.44. The van der Waals surface area contributed by atoms with Gasteiger partial charge in [-0.1, -0.05) is 18.6 Å². The zero-order valence-corrected chi connectivity index (χ0v) is 14.6. The van der Waals surface area contributed by atoms with Crippen molar-refractivity contribution in [2.45, 2.75) is 25.3 Å². The van der Waals surface area contributed by atoms with Gasteiger partial charge in [0, 0.05) is 13.1 Å². The number of piperidine rings is 1. The molecule has 0 aliphatic carbocycles. The predicted molar refractivity (Wildman–Crippen MR) is 94.7 cm³/mol. The first-order valence-corrected chi connectivity index (χ1v) is 9.19. The minimum absolute atomic E-state index is 0.0845. The average molecular weight is 358 g/mol. The Kier molecular flexibility index (Phi) is 4.63. The molecule has 6 nitrogen and oxygen atoms in total. The van der Waals surface area contributed by atoms with Crippen molar-refractivity contribution in [3.63, 3.8) is 0 Å². The van der Waals surface area contributed by atoms with Gasteiger partial charge in [0.2, 0.25) is 0 Å². The van der Waals surface area contributed by atoms with E-state index >= 15 is 0 Å². The van der Waals surface area contributed by atoms with E-state index in [2.05, 4.69) is 15.5 Å². The van der Waals surface area contributed by atoms with Gasteiger partial charge in [0.05, 0.1) is 23.9 Å². The van der Waals surface area contributed by atoms with Crippen LogP contribution in [0.15, 0.2) is 35.5 Å². The summed E-state index contributed by atoms with van der Waals surface area (Å²) in [6, 6.07) is 5.07. The predicted octanol–water partition coefficient (Wildman–Crippen LogP) is 1.76. The molecule has 0 spiro atoms.